The molecule has 0 aromatic carbocycles. The lowest BCUT2D eigenvalue weighted by atomic mass is 9.68. The Hall–Kier alpha value is -0.550. The van der Waals surface area contributed by atoms with Crippen molar-refractivity contribution in [3.8, 4) is 0 Å². The number of aliphatic hydroxyl groups excluding tert-OH is 1. The molecule has 0 aliphatic heterocycles. The summed E-state index contributed by atoms with van der Waals surface area (Å²) in [6, 6.07) is 0. The lowest BCUT2D eigenvalue weighted by Gasteiger charge is -2.42. The van der Waals surface area contributed by atoms with Crippen LogP contribution in [0, 0.1) is 17.8 Å². The monoisotopic (exact) mass is 306 g/mol. The molecule has 2 nitrogen and oxygen atoms in total. The third-order valence-corrected chi connectivity index (χ3v) is 5.04. The number of ether oxygens (including phenoxy) is 1. The molecule has 5 heteroatoms. The molecule has 2 fully saturated rings. The minimum absolute atomic E-state index is 0.151. The van der Waals surface area contributed by atoms with E-state index in [4.69, 9.17) is 9.84 Å². The van der Waals surface area contributed by atoms with E-state index in [0.717, 1.165) is 0 Å². The van der Waals surface area contributed by atoms with Crippen molar-refractivity contribution in [3.63, 3.8) is 0 Å². The molecule has 0 aromatic heterocycles. The van der Waals surface area contributed by atoms with Crippen molar-refractivity contribution in [1.29, 1.82) is 0 Å². The van der Waals surface area contributed by atoms with E-state index >= 15 is 0 Å². The molecule has 7 unspecified atom stereocenters. The summed E-state index contributed by atoms with van der Waals surface area (Å²) in [5, 5.41) is 9.04. The topological polar surface area (TPSA) is 29.5 Å². The van der Waals surface area contributed by atoms with Gasteiger partial charge in [0.15, 0.2) is 0 Å². The zero-order chi connectivity index (χ0) is 15.4. The summed E-state index contributed by atoms with van der Waals surface area (Å²) in [5.41, 5.74) is 0. The first-order chi connectivity index (χ1) is 10.1. The van der Waals surface area contributed by atoms with Gasteiger partial charge in [-0.15, -0.1) is 6.58 Å². The second kappa shape index (κ2) is 7.63. The fourth-order valence-electron chi connectivity index (χ4n) is 3.80. The number of rotatable bonds is 5. The summed E-state index contributed by atoms with van der Waals surface area (Å²) in [7, 11) is 0. The molecule has 0 spiro atoms. The van der Waals surface area contributed by atoms with Crippen LogP contribution in [0.2, 0.25) is 0 Å². The molecule has 7 atom stereocenters. The number of aliphatic hydroxyl groups is 1. The van der Waals surface area contributed by atoms with Crippen molar-refractivity contribution in [2.24, 2.45) is 17.8 Å². The van der Waals surface area contributed by atoms with Gasteiger partial charge < -0.3 is 9.84 Å². The van der Waals surface area contributed by atoms with Crippen LogP contribution in [0.5, 0.6) is 0 Å². The Kier molecular flexibility index (Phi) is 6.11. The Balaban J connectivity index is 1.92. The molecule has 0 bridgehead atoms. The van der Waals surface area contributed by atoms with Crippen LogP contribution in [0.3, 0.4) is 0 Å². The first-order valence-corrected chi connectivity index (χ1v) is 7.84. The van der Waals surface area contributed by atoms with E-state index in [1.807, 2.05) is 0 Å². The molecule has 1 N–H and O–H groups in total. The van der Waals surface area contributed by atoms with Crippen molar-refractivity contribution in [2.75, 3.05) is 13.2 Å². The Labute approximate surface area is 124 Å². The maximum Gasteiger partial charge on any atom is 0.136 e. The number of hydrogen-bond acceptors (Lipinski definition) is 2. The van der Waals surface area contributed by atoms with Crippen molar-refractivity contribution in [1.82, 2.24) is 0 Å². The fourth-order valence-corrected chi connectivity index (χ4v) is 3.80. The molecule has 0 heterocycles. The van der Waals surface area contributed by atoms with Crippen LogP contribution >= 0.6 is 0 Å². The Bertz CT molecular complexity index is 339. The SMILES string of the molecule is C=CCOC1CCC(C2CCC(CO)C(F)C2F)C(F)C1. The largest absolute Gasteiger partial charge is 0.396 e. The second-order valence-electron chi connectivity index (χ2n) is 6.31. The highest BCUT2D eigenvalue weighted by Crippen LogP contribution is 2.44. The number of halogens is 3. The van der Waals surface area contributed by atoms with Crippen molar-refractivity contribution in [2.45, 2.75) is 56.7 Å². The number of hydrogen-bond donors (Lipinski definition) is 1. The van der Waals surface area contributed by atoms with Crippen LogP contribution < -0.4 is 0 Å². The molecule has 2 saturated carbocycles. The predicted octanol–water partition coefficient (Wildman–Crippen LogP) is 3.39. The third-order valence-electron chi connectivity index (χ3n) is 5.04. The van der Waals surface area contributed by atoms with Gasteiger partial charge in [-0.1, -0.05) is 6.08 Å². The van der Waals surface area contributed by atoms with Crippen molar-refractivity contribution >= 4 is 0 Å². The second-order valence-corrected chi connectivity index (χ2v) is 6.31. The van der Waals surface area contributed by atoms with Gasteiger partial charge in [0.05, 0.1) is 12.7 Å². The van der Waals surface area contributed by atoms with Crippen LogP contribution in [-0.4, -0.2) is 42.9 Å². The van der Waals surface area contributed by atoms with Crippen molar-refractivity contribution in [3.05, 3.63) is 12.7 Å². The van der Waals surface area contributed by atoms with Gasteiger partial charge in [0.25, 0.3) is 0 Å². The van der Waals surface area contributed by atoms with E-state index < -0.39 is 36.3 Å². The van der Waals surface area contributed by atoms with Gasteiger partial charge in [0, 0.05) is 18.9 Å². The molecule has 122 valence electrons. The number of alkyl halides is 3. The van der Waals surface area contributed by atoms with E-state index in [-0.39, 0.29) is 19.1 Å². The van der Waals surface area contributed by atoms with E-state index in [1.54, 1.807) is 6.08 Å². The van der Waals surface area contributed by atoms with Gasteiger partial charge >= 0.3 is 0 Å². The first-order valence-electron chi connectivity index (χ1n) is 7.84. The maximum atomic E-state index is 14.3. The van der Waals surface area contributed by atoms with Gasteiger partial charge in [-0.2, -0.15) is 0 Å². The molecule has 0 radical (unpaired) electrons. The smallest absolute Gasteiger partial charge is 0.136 e. The lowest BCUT2D eigenvalue weighted by molar-refractivity contribution is -0.0643. The molecule has 2 rings (SSSR count). The molecule has 2 aliphatic rings. The summed E-state index contributed by atoms with van der Waals surface area (Å²) < 4.78 is 48.0. The summed E-state index contributed by atoms with van der Waals surface area (Å²) in [6.45, 7) is 3.61. The highest BCUT2D eigenvalue weighted by molar-refractivity contribution is 4.95. The minimum Gasteiger partial charge on any atom is -0.396 e. The summed E-state index contributed by atoms with van der Waals surface area (Å²) in [6.07, 6.45) is -0.647. The van der Waals surface area contributed by atoms with Crippen LogP contribution in [0.1, 0.15) is 32.1 Å². The van der Waals surface area contributed by atoms with Gasteiger partial charge in [-0.05, 0) is 37.5 Å². The zero-order valence-electron chi connectivity index (χ0n) is 12.3. The zero-order valence-corrected chi connectivity index (χ0v) is 12.3. The third kappa shape index (κ3) is 3.81. The van der Waals surface area contributed by atoms with Crippen LogP contribution in [0.15, 0.2) is 12.7 Å². The molecule has 2 aliphatic carbocycles. The Morgan fingerprint density at radius 1 is 1.05 bits per heavy atom. The molecule has 21 heavy (non-hydrogen) atoms. The lowest BCUT2D eigenvalue weighted by Crippen LogP contribution is -2.46. The van der Waals surface area contributed by atoms with Crippen LogP contribution in [0.25, 0.3) is 0 Å². The van der Waals surface area contributed by atoms with Gasteiger partial charge in [0.2, 0.25) is 0 Å². The highest BCUT2D eigenvalue weighted by atomic mass is 19.2. The van der Waals surface area contributed by atoms with Gasteiger partial charge in [0.1, 0.15) is 18.5 Å². The van der Waals surface area contributed by atoms with Crippen LogP contribution in [0.4, 0.5) is 13.2 Å². The van der Waals surface area contributed by atoms with E-state index in [2.05, 4.69) is 6.58 Å². The summed E-state index contributed by atoms with van der Waals surface area (Å²) >= 11 is 0. The van der Waals surface area contributed by atoms with E-state index in [0.29, 0.717) is 32.3 Å². The Morgan fingerprint density at radius 2 is 1.76 bits per heavy atom. The van der Waals surface area contributed by atoms with Gasteiger partial charge in [-0.25, -0.2) is 13.2 Å². The first kappa shape index (κ1) is 16.8. The standard InChI is InChI=1S/C16H25F3O2/c1-2-7-21-11-4-6-12(14(17)8-11)13-5-3-10(9-20)15(18)16(13)19/h2,10-16,20H,1,3-9H2. The molecule has 0 aromatic rings. The van der Waals surface area contributed by atoms with Crippen molar-refractivity contribution < 1.29 is 23.0 Å². The average molecular weight is 306 g/mol. The Morgan fingerprint density at radius 3 is 2.38 bits per heavy atom. The summed E-state index contributed by atoms with van der Waals surface area (Å²) in [5.74, 6) is -1.64. The molecule has 0 saturated heterocycles. The molecule has 0 amide bonds. The molecular formula is C16H25F3O2. The van der Waals surface area contributed by atoms with Crippen LogP contribution in [-0.2, 0) is 4.74 Å². The van der Waals surface area contributed by atoms with E-state index in [1.165, 1.54) is 0 Å². The quantitative estimate of drug-likeness (QED) is 0.789. The average Bonchev–Trinajstić information content (AvgIpc) is 2.48. The maximum absolute atomic E-state index is 14.3. The van der Waals surface area contributed by atoms with E-state index in [9.17, 15) is 13.2 Å². The summed E-state index contributed by atoms with van der Waals surface area (Å²) in [4.78, 5) is 0. The fraction of sp³-hybridized carbons (Fsp3) is 0.875. The van der Waals surface area contributed by atoms with Gasteiger partial charge in [-0.3, -0.25) is 0 Å². The highest BCUT2D eigenvalue weighted by Gasteiger charge is 2.46. The molecular weight excluding hydrogens is 281 g/mol. The predicted molar refractivity (Wildman–Crippen MR) is 75.3 cm³/mol. The normalized spacial score (nSPS) is 44.5. The minimum atomic E-state index is -1.67.